The number of thiazole rings is 1. The summed E-state index contributed by atoms with van der Waals surface area (Å²) in [4.78, 5) is 31.8. The number of carbonyl (C=O) groups is 2. The Morgan fingerprint density at radius 1 is 1.36 bits per heavy atom. The van der Waals surface area contributed by atoms with E-state index in [0.717, 1.165) is 28.3 Å². The fourth-order valence-electron chi connectivity index (χ4n) is 3.39. The number of nitrogens with zero attached hydrogens (tertiary/aromatic N) is 2. The molecule has 2 N–H and O–H groups in total. The van der Waals surface area contributed by atoms with Gasteiger partial charge in [0.2, 0.25) is 0 Å². The van der Waals surface area contributed by atoms with E-state index in [9.17, 15) is 9.59 Å². The molecule has 8 heteroatoms. The molecule has 1 aliphatic rings. The van der Waals surface area contributed by atoms with Crippen molar-refractivity contribution in [2.45, 2.75) is 38.8 Å². The molecule has 0 saturated carbocycles. The second-order valence-corrected chi connectivity index (χ2v) is 8.35. The summed E-state index contributed by atoms with van der Waals surface area (Å²) < 4.78 is 6.21. The number of rotatable bonds is 6. The van der Waals surface area contributed by atoms with E-state index < -0.39 is 0 Å². The molecule has 0 spiro atoms. The first-order valence-electron chi connectivity index (χ1n) is 9.86. The number of carbonyl (C=O) groups excluding carboxylic acids is 2. The average Bonchev–Trinajstić information content (AvgIpc) is 3.12. The van der Waals surface area contributed by atoms with Crippen molar-refractivity contribution >= 4 is 33.6 Å². The van der Waals surface area contributed by atoms with Gasteiger partial charge in [0.1, 0.15) is 6.04 Å². The molecule has 1 aromatic carbocycles. The highest BCUT2D eigenvalue weighted by Crippen LogP contribution is 2.24. The predicted molar refractivity (Wildman–Crippen MR) is 110 cm³/mol. The minimum absolute atomic E-state index is 0.0417. The molecule has 7 nitrogen and oxygen atoms in total. The van der Waals surface area contributed by atoms with Gasteiger partial charge in [-0.05, 0) is 38.8 Å². The lowest BCUT2D eigenvalue weighted by atomic mass is 10.1. The van der Waals surface area contributed by atoms with Crippen molar-refractivity contribution in [3.8, 4) is 0 Å². The zero-order chi connectivity index (χ0) is 20.1. The zero-order valence-corrected chi connectivity index (χ0v) is 17.6. The van der Waals surface area contributed by atoms with Crippen molar-refractivity contribution in [3.05, 3.63) is 29.3 Å². The van der Waals surface area contributed by atoms with Crippen molar-refractivity contribution in [3.63, 3.8) is 0 Å². The monoisotopic (exact) mass is 405 g/mol. The van der Waals surface area contributed by atoms with Gasteiger partial charge in [-0.1, -0.05) is 12.1 Å². The molecule has 2 heterocycles. The molecule has 1 unspecified atom stereocenters. The van der Waals surface area contributed by atoms with Gasteiger partial charge in [0.25, 0.3) is 5.91 Å². The Kier molecular flexibility index (Phi) is 6.85. The van der Waals surface area contributed by atoms with E-state index in [4.69, 9.17) is 9.72 Å². The lowest BCUT2D eigenvalue weighted by Crippen LogP contribution is -3.10. The molecule has 1 aromatic heterocycles. The molecule has 1 aliphatic heterocycles. The first-order valence-corrected chi connectivity index (χ1v) is 10.7. The molecular weight excluding hydrogens is 376 g/mol. The molecule has 28 heavy (non-hydrogen) atoms. The van der Waals surface area contributed by atoms with Crippen LogP contribution >= 0.6 is 11.3 Å². The number of benzene rings is 1. The van der Waals surface area contributed by atoms with Crippen molar-refractivity contribution < 1.29 is 19.2 Å². The minimum Gasteiger partial charge on any atom is -0.450 e. The second kappa shape index (κ2) is 9.34. The largest absolute Gasteiger partial charge is 0.450 e. The van der Waals surface area contributed by atoms with Crippen LogP contribution in [0.1, 0.15) is 37.7 Å². The summed E-state index contributed by atoms with van der Waals surface area (Å²) in [5, 5.41) is 4.17. The topological polar surface area (TPSA) is 76.0 Å². The number of ether oxygens (including phenoxy) is 1. The van der Waals surface area contributed by atoms with Gasteiger partial charge in [-0.2, -0.15) is 0 Å². The third kappa shape index (κ3) is 4.99. The number of piperidine rings is 1. The van der Waals surface area contributed by atoms with Crippen LogP contribution in [0.3, 0.4) is 0 Å². The van der Waals surface area contributed by atoms with E-state index in [1.54, 1.807) is 23.2 Å². The molecule has 1 fully saturated rings. The van der Waals surface area contributed by atoms with E-state index in [1.807, 2.05) is 25.2 Å². The second-order valence-electron chi connectivity index (χ2n) is 7.29. The number of hydrogen-bond acceptors (Lipinski definition) is 5. The number of quaternary nitrogens is 1. The third-order valence-corrected chi connectivity index (χ3v) is 6.46. The number of aromatic nitrogens is 1. The third-order valence-electron chi connectivity index (χ3n) is 5.25. The summed E-state index contributed by atoms with van der Waals surface area (Å²) in [5.41, 5.74) is 1.01. The van der Waals surface area contributed by atoms with Gasteiger partial charge in [-0.25, -0.2) is 9.78 Å². The van der Waals surface area contributed by atoms with Crippen LogP contribution < -0.4 is 10.2 Å². The number of hydrogen-bond donors (Lipinski definition) is 2. The molecule has 3 rings (SSSR count). The van der Waals surface area contributed by atoms with Crippen LogP contribution in [0, 0.1) is 0 Å². The summed E-state index contributed by atoms with van der Waals surface area (Å²) in [6.45, 7) is 5.94. The van der Waals surface area contributed by atoms with Crippen LogP contribution in [0.25, 0.3) is 10.2 Å². The van der Waals surface area contributed by atoms with Crippen molar-refractivity contribution in [2.24, 2.45) is 0 Å². The molecule has 0 bridgehead atoms. The van der Waals surface area contributed by atoms with Gasteiger partial charge in [-0.3, -0.25) is 4.79 Å². The maximum atomic E-state index is 12.5. The smallest absolute Gasteiger partial charge is 0.409 e. The Hall–Kier alpha value is -2.19. The summed E-state index contributed by atoms with van der Waals surface area (Å²) in [7, 11) is 2.03. The van der Waals surface area contributed by atoms with Gasteiger partial charge in [0, 0.05) is 19.1 Å². The van der Waals surface area contributed by atoms with Gasteiger partial charge >= 0.3 is 6.09 Å². The average molecular weight is 406 g/mol. The van der Waals surface area contributed by atoms with E-state index in [2.05, 4.69) is 18.3 Å². The maximum Gasteiger partial charge on any atom is 0.409 e. The molecule has 0 aliphatic carbocycles. The Bertz CT molecular complexity index is 784. The van der Waals surface area contributed by atoms with Gasteiger partial charge in [0.05, 0.1) is 23.9 Å². The summed E-state index contributed by atoms with van der Waals surface area (Å²) >= 11 is 1.69. The highest BCUT2D eigenvalue weighted by molar-refractivity contribution is 7.18. The number of likely N-dealkylation sites (N-methyl/N-ethyl adjacent to an activating group) is 1. The van der Waals surface area contributed by atoms with Crippen molar-refractivity contribution in [2.75, 3.05) is 33.3 Å². The Morgan fingerprint density at radius 3 is 2.75 bits per heavy atom. The molecule has 1 saturated heterocycles. The van der Waals surface area contributed by atoms with Crippen LogP contribution in [-0.4, -0.2) is 61.2 Å². The standard InChI is InChI=1S/C20H28N4O3S/c1-4-27-20(26)24-11-9-15(10-12-24)21-18(25)13-23(3)14(2)19-22-16-7-5-6-8-17(16)28-19/h5-8,14-15H,4,9-13H2,1-3H3,(H,21,25)/p+1/t14-/m1/s1. The number of para-hydroxylation sites is 1. The fourth-order valence-corrected chi connectivity index (χ4v) is 4.50. The van der Waals surface area contributed by atoms with Gasteiger partial charge in [-0.15, -0.1) is 11.3 Å². The van der Waals surface area contributed by atoms with E-state index in [-0.39, 0.29) is 24.1 Å². The zero-order valence-electron chi connectivity index (χ0n) is 16.7. The van der Waals surface area contributed by atoms with Crippen LogP contribution in [0.5, 0.6) is 0 Å². The van der Waals surface area contributed by atoms with Gasteiger partial charge in [0.15, 0.2) is 11.6 Å². The Labute approximate surface area is 169 Å². The number of fused-ring (bicyclic) bond motifs is 1. The SMILES string of the molecule is CCOC(=O)N1CCC(NC(=O)C[NH+](C)[C@H](C)c2nc3ccccc3s2)CC1. The van der Waals surface area contributed by atoms with Crippen LogP contribution in [0.2, 0.25) is 0 Å². The number of amides is 2. The highest BCUT2D eigenvalue weighted by Gasteiger charge is 2.27. The van der Waals surface area contributed by atoms with E-state index in [0.29, 0.717) is 26.2 Å². The van der Waals surface area contributed by atoms with Gasteiger partial charge < -0.3 is 19.9 Å². The van der Waals surface area contributed by atoms with Crippen molar-refractivity contribution in [1.82, 2.24) is 15.2 Å². The Balaban J connectivity index is 1.47. The molecule has 152 valence electrons. The van der Waals surface area contributed by atoms with Crippen LogP contribution in [0.4, 0.5) is 4.79 Å². The molecular formula is C20H29N4O3S+. The Morgan fingerprint density at radius 2 is 2.07 bits per heavy atom. The molecule has 0 radical (unpaired) electrons. The normalized spacial score (nSPS) is 17.3. The summed E-state index contributed by atoms with van der Waals surface area (Å²) in [5.74, 6) is 0.0417. The summed E-state index contributed by atoms with van der Waals surface area (Å²) in [6, 6.07) is 8.37. The lowest BCUT2D eigenvalue weighted by Gasteiger charge is -2.31. The van der Waals surface area contributed by atoms with Crippen LogP contribution in [0.15, 0.2) is 24.3 Å². The van der Waals surface area contributed by atoms with Crippen LogP contribution in [-0.2, 0) is 9.53 Å². The minimum atomic E-state index is -0.263. The number of likely N-dealkylation sites (tertiary alicyclic amines) is 1. The molecule has 2 atom stereocenters. The fraction of sp³-hybridized carbons (Fsp3) is 0.550. The predicted octanol–water partition coefficient (Wildman–Crippen LogP) is 1.61. The maximum absolute atomic E-state index is 12.5. The first kappa shape index (κ1) is 20.5. The quantitative estimate of drug-likeness (QED) is 0.766. The first-order chi connectivity index (χ1) is 13.5. The summed E-state index contributed by atoms with van der Waals surface area (Å²) in [6.07, 6.45) is 1.26. The van der Waals surface area contributed by atoms with E-state index >= 15 is 0 Å². The lowest BCUT2D eigenvalue weighted by molar-refractivity contribution is -0.902. The van der Waals surface area contributed by atoms with E-state index in [1.165, 1.54) is 4.70 Å². The number of nitrogens with one attached hydrogen (secondary N) is 2. The highest BCUT2D eigenvalue weighted by atomic mass is 32.1. The molecule has 2 aromatic rings. The molecule has 2 amide bonds. The van der Waals surface area contributed by atoms with Crippen molar-refractivity contribution in [1.29, 1.82) is 0 Å².